The van der Waals surface area contributed by atoms with Crippen LogP contribution in [-0.4, -0.2) is 19.0 Å². The monoisotopic (exact) mass is 178 g/mol. The quantitative estimate of drug-likeness (QED) is 0.689. The molecule has 70 valence electrons. The molecule has 0 aliphatic carbocycles. The van der Waals surface area contributed by atoms with Gasteiger partial charge in [-0.1, -0.05) is 30.3 Å². The molecule has 0 bridgehead atoms. The van der Waals surface area contributed by atoms with Crippen molar-refractivity contribution in [3.8, 4) is 0 Å². The van der Waals surface area contributed by atoms with E-state index in [0.29, 0.717) is 0 Å². The first-order chi connectivity index (χ1) is 6.34. The molecule has 2 nitrogen and oxygen atoms in total. The molecule has 1 heterocycles. The minimum absolute atomic E-state index is 0.0441. The lowest BCUT2D eigenvalue weighted by molar-refractivity contribution is -0.0528. The van der Waals surface area contributed by atoms with Gasteiger partial charge in [-0.2, -0.15) is 0 Å². The largest absolute Gasteiger partial charge is 0.350 e. The van der Waals surface area contributed by atoms with Crippen LogP contribution in [0.15, 0.2) is 30.3 Å². The predicted molar refractivity (Wildman–Crippen MR) is 50.4 cm³/mol. The third-order valence-corrected chi connectivity index (χ3v) is 2.15. The molecule has 2 rings (SSSR count). The molecule has 1 aromatic rings. The summed E-state index contributed by atoms with van der Waals surface area (Å²) < 4.78 is 11.0. The minimum Gasteiger partial charge on any atom is -0.350 e. The van der Waals surface area contributed by atoms with Gasteiger partial charge in [-0.3, -0.25) is 0 Å². The van der Waals surface area contributed by atoms with Crippen molar-refractivity contribution in [2.24, 2.45) is 0 Å². The smallest absolute Gasteiger partial charge is 0.162 e. The molecule has 0 unspecified atom stereocenters. The van der Waals surface area contributed by atoms with E-state index in [9.17, 15) is 0 Å². The lowest BCUT2D eigenvalue weighted by Crippen LogP contribution is -2.12. The molecule has 2 atom stereocenters. The van der Waals surface area contributed by atoms with Crippen LogP contribution in [0.5, 0.6) is 0 Å². The standard InChI is InChI=1S/C11H14O2/c1-9-8-12-11(13-9)7-10-5-3-2-4-6-10/h2-6,9,11H,7-8H2,1H3/t9-,11+/m1/s1. The summed E-state index contributed by atoms with van der Waals surface area (Å²) in [5.41, 5.74) is 1.27. The zero-order chi connectivity index (χ0) is 9.10. The second kappa shape index (κ2) is 3.90. The van der Waals surface area contributed by atoms with Crippen molar-refractivity contribution in [1.82, 2.24) is 0 Å². The molecule has 0 N–H and O–H groups in total. The second-order valence-electron chi connectivity index (χ2n) is 3.40. The van der Waals surface area contributed by atoms with Crippen LogP contribution >= 0.6 is 0 Å². The number of benzene rings is 1. The van der Waals surface area contributed by atoms with Gasteiger partial charge in [-0.05, 0) is 12.5 Å². The molecule has 0 radical (unpaired) electrons. The Kier molecular flexibility index (Phi) is 2.62. The van der Waals surface area contributed by atoms with Crippen LogP contribution in [0.25, 0.3) is 0 Å². The maximum Gasteiger partial charge on any atom is 0.162 e. The predicted octanol–water partition coefficient (Wildman–Crippen LogP) is 1.99. The summed E-state index contributed by atoms with van der Waals surface area (Å²) in [7, 11) is 0. The summed E-state index contributed by atoms with van der Waals surface area (Å²) in [5, 5.41) is 0. The maximum atomic E-state index is 5.54. The number of hydrogen-bond acceptors (Lipinski definition) is 2. The van der Waals surface area contributed by atoms with Crippen molar-refractivity contribution < 1.29 is 9.47 Å². The Morgan fingerprint density at radius 3 is 2.69 bits per heavy atom. The van der Waals surface area contributed by atoms with Crippen LogP contribution < -0.4 is 0 Å². The molecule has 13 heavy (non-hydrogen) atoms. The first-order valence-corrected chi connectivity index (χ1v) is 4.65. The lowest BCUT2D eigenvalue weighted by atomic mass is 10.1. The molecule has 1 aliphatic heterocycles. The van der Waals surface area contributed by atoms with E-state index in [2.05, 4.69) is 12.1 Å². The summed E-state index contributed by atoms with van der Waals surface area (Å²) in [6.07, 6.45) is 1.05. The Labute approximate surface area is 78.5 Å². The van der Waals surface area contributed by atoms with Crippen LogP contribution in [-0.2, 0) is 15.9 Å². The molecule has 1 aromatic carbocycles. The van der Waals surface area contributed by atoms with E-state index in [1.54, 1.807) is 0 Å². The lowest BCUT2D eigenvalue weighted by Gasteiger charge is -2.09. The highest BCUT2D eigenvalue weighted by Gasteiger charge is 2.22. The molecule has 0 spiro atoms. The van der Waals surface area contributed by atoms with Crippen LogP contribution in [0.1, 0.15) is 12.5 Å². The fourth-order valence-corrected chi connectivity index (χ4v) is 1.49. The van der Waals surface area contributed by atoms with Crippen molar-refractivity contribution >= 4 is 0 Å². The van der Waals surface area contributed by atoms with E-state index in [-0.39, 0.29) is 12.4 Å². The Bertz CT molecular complexity index is 258. The number of hydrogen-bond donors (Lipinski definition) is 0. The minimum atomic E-state index is -0.0441. The molecule has 1 fully saturated rings. The maximum absolute atomic E-state index is 5.54. The third-order valence-electron chi connectivity index (χ3n) is 2.15. The van der Waals surface area contributed by atoms with Crippen LogP contribution in [0.2, 0.25) is 0 Å². The molecule has 0 saturated carbocycles. The van der Waals surface area contributed by atoms with Crippen molar-refractivity contribution in [1.29, 1.82) is 0 Å². The zero-order valence-corrected chi connectivity index (χ0v) is 7.77. The van der Waals surface area contributed by atoms with Crippen LogP contribution in [0.4, 0.5) is 0 Å². The molecule has 1 aliphatic rings. The van der Waals surface area contributed by atoms with E-state index in [4.69, 9.17) is 9.47 Å². The van der Waals surface area contributed by atoms with Gasteiger partial charge in [0.2, 0.25) is 0 Å². The van der Waals surface area contributed by atoms with Gasteiger partial charge in [0, 0.05) is 6.42 Å². The zero-order valence-electron chi connectivity index (χ0n) is 7.77. The fraction of sp³-hybridized carbons (Fsp3) is 0.455. The van der Waals surface area contributed by atoms with Crippen molar-refractivity contribution in [2.75, 3.05) is 6.61 Å². The molecule has 2 heteroatoms. The third kappa shape index (κ3) is 2.29. The van der Waals surface area contributed by atoms with Gasteiger partial charge >= 0.3 is 0 Å². The first kappa shape index (κ1) is 8.73. The highest BCUT2D eigenvalue weighted by molar-refractivity contribution is 5.15. The average Bonchev–Trinajstić information content (AvgIpc) is 2.53. The Hall–Kier alpha value is -0.860. The average molecular weight is 178 g/mol. The van der Waals surface area contributed by atoms with Crippen molar-refractivity contribution in [3.63, 3.8) is 0 Å². The van der Waals surface area contributed by atoms with E-state index >= 15 is 0 Å². The Morgan fingerprint density at radius 2 is 2.08 bits per heavy atom. The highest BCUT2D eigenvalue weighted by Crippen LogP contribution is 2.15. The Morgan fingerprint density at radius 1 is 1.31 bits per heavy atom. The SMILES string of the molecule is C[C@@H]1CO[C@H](Cc2ccccc2)O1. The fourth-order valence-electron chi connectivity index (χ4n) is 1.49. The summed E-state index contributed by atoms with van der Waals surface area (Å²) in [4.78, 5) is 0. The number of rotatable bonds is 2. The van der Waals surface area contributed by atoms with E-state index in [1.165, 1.54) is 5.56 Å². The normalized spacial score (nSPS) is 27.8. The van der Waals surface area contributed by atoms with Gasteiger partial charge in [0.1, 0.15) is 0 Å². The van der Waals surface area contributed by atoms with Crippen molar-refractivity contribution in [3.05, 3.63) is 35.9 Å². The van der Waals surface area contributed by atoms with Gasteiger partial charge < -0.3 is 9.47 Å². The van der Waals surface area contributed by atoms with Gasteiger partial charge in [0.05, 0.1) is 12.7 Å². The van der Waals surface area contributed by atoms with Crippen LogP contribution in [0, 0.1) is 0 Å². The van der Waals surface area contributed by atoms with Gasteiger partial charge in [0.25, 0.3) is 0 Å². The number of ether oxygens (including phenoxy) is 2. The Balaban J connectivity index is 1.92. The molecule has 0 amide bonds. The summed E-state index contributed by atoms with van der Waals surface area (Å²) in [5.74, 6) is 0. The van der Waals surface area contributed by atoms with Gasteiger partial charge in [0.15, 0.2) is 6.29 Å². The first-order valence-electron chi connectivity index (χ1n) is 4.65. The molecule has 0 aromatic heterocycles. The van der Waals surface area contributed by atoms with E-state index in [1.807, 2.05) is 25.1 Å². The topological polar surface area (TPSA) is 18.5 Å². The summed E-state index contributed by atoms with van der Waals surface area (Å²) in [6, 6.07) is 10.3. The molecular weight excluding hydrogens is 164 g/mol. The van der Waals surface area contributed by atoms with E-state index in [0.717, 1.165) is 13.0 Å². The van der Waals surface area contributed by atoms with Gasteiger partial charge in [-0.25, -0.2) is 0 Å². The van der Waals surface area contributed by atoms with Gasteiger partial charge in [-0.15, -0.1) is 0 Å². The summed E-state index contributed by atoms with van der Waals surface area (Å²) >= 11 is 0. The summed E-state index contributed by atoms with van der Waals surface area (Å²) in [6.45, 7) is 2.75. The van der Waals surface area contributed by atoms with Crippen molar-refractivity contribution in [2.45, 2.75) is 25.7 Å². The van der Waals surface area contributed by atoms with Crippen LogP contribution in [0.3, 0.4) is 0 Å². The van der Waals surface area contributed by atoms with E-state index < -0.39 is 0 Å². The highest BCUT2D eigenvalue weighted by atomic mass is 16.7. The second-order valence-corrected chi connectivity index (χ2v) is 3.40. The molecular formula is C11H14O2. The molecule has 1 saturated heterocycles.